The molecule has 0 amide bonds. The fourth-order valence-electron chi connectivity index (χ4n) is 3.54. The van der Waals surface area contributed by atoms with Crippen LogP contribution in [0.15, 0.2) is 48.5 Å². The number of aryl methyl sites for hydroxylation is 1. The van der Waals surface area contributed by atoms with Gasteiger partial charge in [-0.2, -0.15) is 0 Å². The van der Waals surface area contributed by atoms with Crippen LogP contribution in [0.1, 0.15) is 24.1 Å². The molecule has 1 aromatic heterocycles. The minimum Gasteiger partial charge on any atom is -0.497 e. The lowest BCUT2D eigenvalue weighted by molar-refractivity contribution is 0.414. The Bertz CT molecular complexity index is 800. The minimum absolute atomic E-state index is 0.912. The SMILES string of the molecule is COc1cccc(-n2c3c(c4ccccc42)CCCC3)c1. The second-order valence-electron chi connectivity index (χ2n) is 5.69. The van der Waals surface area contributed by atoms with Gasteiger partial charge < -0.3 is 9.30 Å². The second kappa shape index (κ2) is 4.96. The Balaban J connectivity index is 2.03. The van der Waals surface area contributed by atoms with Crippen molar-refractivity contribution in [2.24, 2.45) is 0 Å². The summed E-state index contributed by atoms with van der Waals surface area (Å²) in [7, 11) is 1.72. The van der Waals surface area contributed by atoms with Gasteiger partial charge in [0.15, 0.2) is 0 Å². The molecule has 2 heteroatoms. The van der Waals surface area contributed by atoms with Crippen LogP contribution in [0.5, 0.6) is 5.75 Å². The van der Waals surface area contributed by atoms with Crippen molar-refractivity contribution in [1.82, 2.24) is 4.57 Å². The molecule has 3 aromatic rings. The summed E-state index contributed by atoms with van der Waals surface area (Å²) in [6.07, 6.45) is 4.96. The van der Waals surface area contributed by atoms with Gasteiger partial charge >= 0.3 is 0 Å². The number of rotatable bonds is 2. The van der Waals surface area contributed by atoms with E-state index in [0.717, 1.165) is 5.75 Å². The van der Waals surface area contributed by atoms with Crippen molar-refractivity contribution in [2.75, 3.05) is 7.11 Å². The normalized spacial score (nSPS) is 14.1. The lowest BCUT2D eigenvalue weighted by atomic mass is 9.95. The summed E-state index contributed by atoms with van der Waals surface area (Å²) in [6, 6.07) is 17.1. The highest BCUT2D eigenvalue weighted by Crippen LogP contribution is 2.35. The molecule has 0 aliphatic heterocycles. The van der Waals surface area contributed by atoms with Crippen molar-refractivity contribution in [3.05, 3.63) is 59.8 Å². The maximum Gasteiger partial charge on any atom is 0.120 e. The van der Waals surface area contributed by atoms with Crippen molar-refractivity contribution in [3.63, 3.8) is 0 Å². The zero-order valence-electron chi connectivity index (χ0n) is 12.3. The number of benzene rings is 2. The number of para-hydroxylation sites is 1. The Hall–Kier alpha value is -2.22. The van der Waals surface area contributed by atoms with Crippen LogP contribution in [0.25, 0.3) is 16.6 Å². The maximum absolute atomic E-state index is 5.40. The molecule has 4 rings (SSSR count). The number of fused-ring (bicyclic) bond motifs is 3. The molecule has 2 nitrogen and oxygen atoms in total. The number of methoxy groups -OCH3 is 1. The zero-order valence-corrected chi connectivity index (χ0v) is 12.3. The van der Waals surface area contributed by atoms with Gasteiger partial charge in [-0.25, -0.2) is 0 Å². The van der Waals surface area contributed by atoms with E-state index in [9.17, 15) is 0 Å². The van der Waals surface area contributed by atoms with Crippen molar-refractivity contribution < 1.29 is 4.74 Å². The van der Waals surface area contributed by atoms with E-state index >= 15 is 0 Å². The predicted molar refractivity (Wildman–Crippen MR) is 86.5 cm³/mol. The third kappa shape index (κ3) is 1.94. The summed E-state index contributed by atoms with van der Waals surface area (Å²) in [4.78, 5) is 0. The van der Waals surface area contributed by atoms with E-state index in [0.29, 0.717) is 0 Å². The summed E-state index contributed by atoms with van der Waals surface area (Å²) in [6.45, 7) is 0. The van der Waals surface area contributed by atoms with Gasteiger partial charge in [0.2, 0.25) is 0 Å². The maximum atomic E-state index is 5.40. The number of hydrogen-bond donors (Lipinski definition) is 0. The smallest absolute Gasteiger partial charge is 0.120 e. The van der Waals surface area contributed by atoms with Crippen LogP contribution in [0.3, 0.4) is 0 Å². The van der Waals surface area contributed by atoms with E-state index in [1.165, 1.54) is 48.0 Å². The molecule has 2 aromatic carbocycles. The van der Waals surface area contributed by atoms with Gasteiger partial charge in [0.1, 0.15) is 5.75 Å². The van der Waals surface area contributed by atoms with Crippen LogP contribution in [0.4, 0.5) is 0 Å². The predicted octanol–water partition coefficient (Wildman–Crippen LogP) is 4.52. The fourth-order valence-corrected chi connectivity index (χ4v) is 3.54. The van der Waals surface area contributed by atoms with E-state index in [-0.39, 0.29) is 0 Å². The van der Waals surface area contributed by atoms with E-state index in [1.54, 1.807) is 12.7 Å². The lowest BCUT2D eigenvalue weighted by Crippen LogP contribution is -2.06. The molecule has 106 valence electrons. The molecule has 0 fully saturated rings. The first-order valence-corrected chi connectivity index (χ1v) is 7.64. The first kappa shape index (κ1) is 12.5. The van der Waals surface area contributed by atoms with E-state index in [4.69, 9.17) is 4.74 Å². The number of hydrogen-bond acceptors (Lipinski definition) is 1. The average Bonchev–Trinajstić information content (AvgIpc) is 2.89. The number of aromatic nitrogens is 1. The number of ether oxygens (including phenoxy) is 1. The van der Waals surface area contributed by atoms with E-state index in [2.05, 4.69) is 47.0 Å². The molecule has 0 saturated heterocycles. The van der Waals surface area contributed by atoms with Crippen molar-refractivity contribution in [3.8, 4) is 11.4 Å². The molecule has 0 spiro atoms. The van der Waals surface area contributed by atoms with E-state index in [1.807, 2.05) is 6.07 Å². The summed E-state index contributed by atoms with van der Waals surface area (Å²) in [5.74, 6) is 0.912. The van der Waals surface area contributed by atoms with Crippen LogP contribution in [0, 0.1) is 0 Å². The molecule has 0 N–H and O–H groups in total. The quantitative estimate of drug-likeness (QED) is 0.672. The Kier molecular flexibility index (Phi) is 2.95. The van der Waals surface area contributed by atoms with Crippen molar-refractivity contribution in [1.29, 1.82) is 0 Å². The third-order valence-corrected chi connectivity index (χ3v) is 4.49. The molecular weight excluding hydrogens is 258 g/mol. The highest BCUT2D eigenvalue weighted by Gasteiger charge is 2.20. The molecule has 21 heavy (non-hydrogen) atoms. The van der Waals surface area contributed by atoms with Gasteiger partial charge in [-0.3, -0.25) is 0 Å². The number of nitrogens with zero attached hydrogens (tertiary/aromatic N) is 1. The summed E-state index contributed by atoms with van der Waals surface area (Å²) < 4.78 is 7.82. The molecule has 1 heterocycles. The first-order chi connectivity index (χ1) is 10.4. The second-order valence-corrected chi connectivity index (χ2v) is 5.69. The third-order valence-electron chi connectivity index (χ3n) is 4.49. The fraction of sp³-hybridized carbons (Fsp3) is 0.263. The zero-order chi connectivity index (χ0) is 14.2. The van der Waals surface area contributed by atoms with Gasteiger partial charge in [-0.15, -0.1) is 0 Å². The minimum atomic E-state index is 0.912. The van der Waals surface area contributed by atoms with Crippen LogP contribution >= 0.6 is 0 Å². The Morgan fingerprint density at radius 1 is 0.952 bits per heavy atom. The van der Waals surface area contributed by atoms with Crippen molar-refractivity contribution in [2.45, 2.75) is 25.7 Å². The van der Waals surface area contributed by atoms with Crippen LogP contribution in [-0.4, -0.2) is 11.7 Å². The molecule has 0 bridgehead atoms. The molecule has 0 unspecified atom stereocenters. The Morgan fingerprint density at radius 3 is 2.71 bits per heavy atom. The lowest BCUT2D eigenvalue weighted by Gasteiger charge is -2.16. The molecule has 0 atom stereocenters. The summed E-state index contributed by atoms with van der Waals surface area (Å²) in [5, 5.41) is 1.41. The van der Waals surface area contributed by atoms with Crippen LogP contribution in [-0.2, 0) is 12.8 Å². The summed E-state index contributed by atoms with van der Waals surface area (Å²) >= 11 is 0. The van der Waals surface area contributed by atoms with Crippen molar-refractivity contribution >= 4 is 10.9 Å². The largest absolute Gasteiger partial charge is 0.497 e. The monoisotopic (exact) mass is 277 g/mol. The Morgan fingerprint density at radius 2 is 1.81 bits per heavy atom. The van der Waals surface area contributed by atoms with Crippen LogP contribution in [0.2, 0.25) is 0 Å². The topological polar surface area (TPSA) is 14.2 Å². The van der Waals surface area contributed by atoms with Crippen LogP contribution < -0.4 is 4.74 Å². The molecule has 0 saturated carbocycles. The van der Waals surface area contributed by atoms with E-state index < -0.39 is 0 Å². The van der Waals surface area contributed by atoms with Gasteiger partial charge in [0, 0.05) is 22.8 Å². The van der Waals surface area contributed by atoms with Gasteiger partial charge in [0.25, 0.3) is 0 Å². The van der Waals surface area contributed by atoms with Gasteiger partial charge in [0.05, 0.1) is 12.6 Å². The molecular formula is C19H19NO. The highest BCUT2D eigenvalue weighted by molar-refractivity contribution is 5.87. The first-order valence-electron chi connectivity index (χ1n) is 7.64. The molecule has 1 aliphatic rings. The van der Waals surface area contributed by atoms with Gasteiger partial charge in [-0.05, 0) is 49.4 Å². The average molecular weight is 277 g/mol. The highest BCUT2D eigenvalue weighted by atomic mass is 16.5. The molecule has 1 aliphatic carbocycles. The summed E-state index contributed by atoms with van der Waals surface area (Å²) in [5.41, 5.74) is 5.54. The molecule has 0 radical (unpaired) electrons. The van der Waals surface area contributed by atoms with Gasteiger partial charge in [-0.1, -0.05) is 24.3 Å². The standard InChI is InChI=1S/C19H19NO/c1-21-15-8-6-7-14(13-15)20-18-11-4-2-9-16(18)17-10-3-5-12-19(17)20/h2,4,6-9,11,13H,3,5,10,12H2,1H3. The Labute approximate surface area is 125 Å².